The van der Waals surface area contributed by atoms with Crippen LogP contribution in [0.25, 0.3) is 0 Å². The molecule has 0 radical (unpaired) electrons. The maximum absolute atomic E-state index is 11.8. The van der Waals surface area contributed by atoms with Gasteiger partial charge in [0, 0.05) is 29.2 Å². The Labute approximate surface area is 115 Å². The maximum Gasteiger partial charge on any atom is 0.347 e. The zero-order valence-electron chi connectivity index (χ0n) is 11.1. The number of aromatic nitrogens is 2. The molecule has 0 spiro atoms. The maximum atomic E-state index is 11.8. The van der Waals surface area contributed by atoms with Gasteiger partial charge >= 0.3 is 5.69 Å². The number of anilines is 1. The minimum atomic E-state index is -0.293. The lowest BCUT2D eigenvalue weighted by Crippen LogP contribution is -2.24. The van der Waals surface area contributed by atoms with Crippen LogP contribution >= 0.6 is 0 Å². The second kappa shape index (κ2) is 4.97. The molecule has 0 bridgehead atoms. The second-order valence-corrected chi connectivity index (χ2v) is 4.82. The minimum Gasteiger partial charge on any atom is -0.467 e. The number of rotatable bonds is 2. The van der Waals surface area contributed by atoms with Crippen molar-refractivity contribution in [1.82, 2.24) is 9.55 Å². The van der Waals surface area contributed by atoms with Gasteiger partial charge in [0.05, 0.1) is 13.2 Å². The lowest BCUT2D eigenvalue weighted by atomic mass is 10.1. The first-order valence-electron chi connectivity index (χ1n) is 6.28. The van der Waals surface area contributed by atoms with Crippen LogP contribution in [0.5, 0.6) is 5.75 Å². The molecule has 104 valence electrons. The van der Waals surface area contributed by atoms with Gasteiger partial charge in [-0.3, -0.25) is 4.57 Å². The molecular weight excluding hydrogens is 258 g/mol. The van der Waals surface area contributed by atoms with Gasteiger partial charge in [0.2, 0.25) is 0 Å². The smallest absolute Gasteiger partial charge is 0.347 e. The van der Waals surface area contributed by atoms with E-state index in [1.807, 2.05) is 19.1 Å². The van der Waals surface area contributed by atoms with Crippen LogP contribution in [0.4, 0.5) is 5.69 Å². The lowest BCUT2D eigenvalue weighted by Gasteiger charge is -2.21. The van der Waals surface area contributed by atoms with Crippen molar-refractivity contribution in [2.24, 2.45) is 0 Å². The molecule has 6 nitrogen and oxygen atoms in total. The van der Waals surface area contributed by atoms with Crippen molar-refractivity contribution in [3.05, 3.63) is 51.7 Å². The van der Waals surface area contributed by atoms with Crippen molar-refractivity contribution in [1.29, 1.82) is 0 Å². The summed E-state index contributed by atoms with van der Waals surface area (Å²) in [6, 6.07) is 3.65. The third-order valence-corrected chi connectivity index (χ3v) is 3.13. The fraction of sp³-hybridized carbons (Fsp3) is 0.286. The zero-order chi connectivity index (χ0) is 14.1. The molecule has 2 aromatic rings. The van der Waals surface area contributed by atoms with Crippen LogP contribution in [0.1, 0.15) is 16.7 Å². The molecule has 0 saturated heterocycles. The highest BCUT2D eigenvalue weighted by Gasteiger charge is 2.16. The fourth-order valence-electron chi connectivity index (χ4n) is 2.31. The fourth-order valence-corrected chi connectivity index (χ4v) is 2.31. The van der Waals surface area contributed by atoms with Gasteiger partial charge in [-0.05, 0) is 24.6 Å². The van der Waals surface area contributed by atoms with E-state index in [2.05, 4.69) is 4.98 Å². The van der Waals surface area contributed by atoms with E-state index in [0.29, 0.717) is 18.8 Å². The van der Waals surface area contributed by atoms with Gasteiger partial charge in [-0.1, -0.05) is 0 Å². The number of aryl methyl sites for hydroxylation is 1. The van der Waals surface area contributed by atoms with Crippen molar-refractivity contribution in [2.75, 3.05) is 12.5 Å². The van der Waals surface area contributed by atoms with Crippen LogP contribution in [0.15, 0.2) is 29.3 Å². The largest absolute Gasteiger partial charge is 0.467 e. The Morgan fingerprint density at radius 3 is 3.15 bits per heavy atom. The van der Waals surface area contributed by atoms with Gasteiger partial charge in [0.25, 0.3) is 0 Å². The van der Waals surface area contributed by atoms with Gasteiger partial charge in [-0.25, -0.2) is 9.78 Å². The van der Waals surface area contributed by atoms with Gasteiger partial charge in [-0.2, -0.15) is 0 Å². The Balaban J connectivity index is 2.04. The summed E-state index contributed by atoms with van der Waals surface area (Å²) in [4.78, 5) is 15.6. The van der Waals surface area contributed by atoms with E-state index in [-0.39, 0.29) is 12.5 Å². The summed E-state index contributed by atoms with van der Waals surface area (Å²) >= 11 is 0. The average Bonchev–Trinajstić information content (AvgIpc) is 2.43. The van der Waals surface area contributed by atoms with E-state index >= 15 is 0 Å². The number of nitrogens with two attached hydrogens (primary N) is 1. The van der Waals surface area contributed by atoms with E-state index in [4.69, 9.17) is 15.2 Å². The molecule has 6 heteroatoms. The quantitative estimate of drug-likeness (QED) is 0.827. The second-order valence-electron chi connectivity index (χ2n) is 4.82. The highest BCUT2D eigenvalue weighted by atomic mass is 16.7. The monoisotopic (exact) mass is 273 g/mol. The Hall–Kier alpha value is -2.34. The minimum absolute atomic E-state index is 0.213. The van der Waals surface area contributed by atoms with Crippen LogP contribution in [0.2, 0.25) is 0 Å². The summed E-state index contributed by atoms with van der Waals surface area (Å²) in [5, 5.41) is 0. The highest BCUT2D eigenvalue weighted by molar-refractivity contribution is 5.53. The summed E-state index contributed by atoms with van der Waals surface area (Å²) in [6.07, 6.45) is 3.32. The molecule has 2 N–H and O–H groups in total. The zero-order valence-corrected chi connectivity index (χ0v) is 11.1. The third-order valence-electron chi connectivity index (χ3n) is 3.13. The molecule has 20 heavy (non-hydrogen) atoms. The third kappa shape index (κ3) is 2.37. The molecule has 1 aliphatic heterocycles. The first-order valence-corrected chi connectivity index (χ1v) is 6.28. The first kappa shape index (κ1) is 12.7. The summed E-state index contributed by atoms with van der Waals surface area (Å²) < 4.78 is 12.3. The predicted molar refractivity (Wildman–Crippen MR) is 73.5 cm³/mol. The molecule has 3 rings (SSSR count). The summed E-state index contributed by atoms with van der Waals surface area (Å²) in [5.74, 6) is 0.749. The molecule has 0 fully saturated rings. The topological polar surface area (TPSA) is 79.4 Å². The van der Waals surface area contributed by atoms with Crippen LogP contribution in [0.3, 0.4) is 0 Å². The molecule has 2 heterocycles. The van der Waals surface area contributed by atoms with Crippen molar-refractivity contribution in [2.45, 2.75) is 20.1 Å². The standard InChI is InChI=1S/C14H15N3O3/c1-9-4-16-14(18)17(5-9)6-10-2-12(15)3-11-7-19-8-20-13(10)11/h2-5H,6-8,15H2,1H3. The molecular formula is C14H15N3O3. The summed E-state index contributed by atoms with van der Waals surface area (Å²) in [6.45, 7) is 2.95. The number of nitrogens with zero attached hydrogens (tertiary/aromatic N) is 2. The van der Waals surface area contributed by atoms with Crippen LogP contribution in [-0.2, 0) is 17.9 Å². The average molecular weight is 273 g/mol. The number of benzene rings is 1. The normalized spacial score (nSPS) is 13.7. The van der Waals surface area contributed by atoms with Crippen molar-refractivity contribution >= 4 is 5.69 Å². The summed E-state index contributed by atoms with van der Waals surface area (Å²) in [7, 11) is 0. The Kier molecular flexibility index (Phi) is 3.15. The number of fused-ring (bicyclic) bond motifs is 1. The van der Waals surface area contributed by atoms with Gasteiger partial charge < -0.3 is 15.2 Å². The molecule has 1 aliphatic rings. The number of ether oxygens (including phenoxy) is 2. The van der Waals surface area contributed by atoms with Gasteiger partial charge in [0.1, 0.15) is 5.75 Å². The molecule has 0 amide bonds. The Bertz CT molecular complexity index is 709. The summed E-state index contributed by atoms with van der Waals surface area (Å²) in [5.41, 5.74) is 8.91. The van der Waals surface area contributed by atoms with E-state index in [1.165, 1.54) is 0 Å². The molecule has 0 saturated carbocycles. The lowest BCUT2D eigenvalue weighted by molar-refractivity contribution is -0.0170. The van der Waals surface area contributed by atoms with Crippen molar-refractivity contribution in [3.8, 4) is 5.75 Å². The molecule has 0 aliphatic carbocycles. The number of nitrogen functional groups attached to an aromatic ring is 1. The van der Waals surface area contributed by atoms with E-state index in [9.17, 15) is 4.79 Å². The highest BCUT2D eigenvalue weighted by Crippen LogP contribution is 2.31. The molecule has 1 aromatic heterocycles. The van der Waals surface area contributed by atoms with Gasteiger partial charge in [-0.15, -0.1) is 0 Å². The van der Waals surface area contributed by atoms with Crippen LogP contribution in [0, 0.1) is 6.92 Å². The van der Waals surface area contributed by atoms with E-state index < -0.39 is 0 Å². The molecule has 1 aromatic carbocycles. The van der Waals surface area contributed by atoms with E-state index in [0.717, 1.165) is 22.4 Å². The SMILES string of the molecule is Cc1cnc(=O)n(Cc2cc(N)cc3c2OCOC3)c1. The Morgan fingerprint density at radius 1 is 1.45 bits per heavy atom. The number of hydrogen-bond donors (Lipinski definition) is 1. The number of hydrogen-bond acceptors (Lipinski definition) is 5. The predicted octanol–water partition coefficient (Wildman–Crippen LogP) is 1.05. The molecule has 0 unspecified atom stereocenters. The van der Waals surface area contributed by atoms with Crippen molar-refractivity contribution < 1.29 is 9.47 Å². The van der Waals surface area contributed by atoms with Crippen molar-refractivity contribution in [3.63, 3.8) is 0 Å². The van der Waals surface area contributed by atoms with E-state index in [1.54, 1.807) is 17.0 Å². The van der Waals surface area contributed by atoms with Crippen LogP contribution < -0.4 is 16.2 Å². The Morgan fingerprint density at radius 2 is 2.30 bits per heavy atom. The molecule has 0 atom stereocenters. The van der Waals surface area contributed by atoms with Gasteiger partial charge in [0.15, 0.2) is 6.79 Å². The first-order chi connectivity index (χ1) is 9.63. The van der Waals surface area contributed by atoms with Crippen LogP contribution in [-0.4, -0.2) is 16.3 Å².